The first-order valence-corrected chi connectivity index (χ1v) is 14.4. The fourth-order valence-electron chi connectivity index (χ4n) is 4.45. The number of aromatic nitrogens is 2. The minimum absolute atomic E-state index is 0.0405. The number of nitrogens with zero attached hydrogens (tertiary/aromatic N) is 3. The Balaban J connectivity index is 1.54. The standard InChI is InChI=1S/C31H29N3O3S2/c1-19-10-12-20(13-11-19)18-38-30-33-32-29(39-30)34-25(21-14-16-23(17-15-21)31(2,3)4)24(27(36)28(34)37)26(35)22-8-6-5-7-9-22/h5-17,25,35H,18H2,1-4H3/b26-24-. The van der Waals surface area contributed by atoms with E-state index in [1.165, 1.54) is 33.6 Å². The van der Waals surface area contributed by atoms with Gasteiger partial charge in [-0.3, -0.25) is 14.5 Å². The Bertz CT molecular complexity index is 1540. The monoisotopic (exact) mass is 555 g/mol. The van der Waals surface area contributed by atoms with E-state index in [9.17, 15) is 14.7 Å². The molecule has 2 heterocycles. The molecule has 198 valence electrons. The normalized spacial score (nSPS) is 17.1. The third-order valence-electron chi connectivity index (χ3n) is 6.67. The number of aliphatic hydroxyl groups excluding tert-OH is 1. The van der Waals surface area contributed by atoms with Gasteiger partial charge in [0.1, 0.15) is 5.76 Å². The number of hydrogen-bond acceptors (Lipinski definition) is 7. The second-order valence-corrected chi connectivity index (χ2v) is 12.7. The minimum atomic E-state index is -0.831. The summed E-state index contributed by atoms with van der Waals surface area (Å²) < 4.78 is 0.692. The van der Waals surface area contributed by atoms with Crippen molar-refractivity contribution in [2.75, 3.05) is 4.90 Å². The van der Waals surface area contributed by atoms with Crippen LogP contribution >= 0.6 is 23.1 Å². The molecule has 5 rings (SSSR count). The highest BCUT2D eigenvalue weighted by atomic mass is 32.2. The van der Waals surface area contributed by atoms with Gasteiger partial charge in [0.25, 0.3) is 5.78 Å². The van der Waals surface area contributed by atoms with Crippen molar-refractivity contribution in [1.29, 1.82) is 0 Å². The lowest BCUT2D eigenvalue weighted by atomic mass is 9.85. The van der Waals surface area contributed by atoms with E-state index >= 15 is 0 Å². The molecule has 1 amide bonds. The van der Waals surface area contributed by atoms with Gasteiger partial charge in [-0.15, -0.1) is 10.2 Å². The van der Waals surface area contributed by atoms with E-state index in [-0.39, 0.29) is 16.7 Å². The Hall–Kier alpha value is -3.75. The molecule has 39 heavy (non-hydrogen) atoms. The molecule has 1 unspecified atom stereocenters. The van der Waals surface area contributed by atoms with Crippen LogP contribution in [0.5, 0.6) is 0 Å². The molecule has 1 N–H and O–H groups in total. The Morgan fingerprint density at radius 2 is 1.62 bits per heavy atom. The summed E-state index contributed by atoms with van der Waals surface area (Å²) in [6, 6.07) is 24.1. The average molecular weight is 556 g/mol. The van der Waals surface area contributed by atoms with Crippen LogP contribution in [0.25, 0.3) is 5.76 Å². The van der Waals surface area contributed by atoms with Crippen molar-refractivity contribution >= 4 is 45.7 Å². The van der Waals surface area contributed by atoms with Gasteiger partial charge in [0.15, 0.2) is 4.34 Å². The molecule has 3 aromatic carbocycles. The van der Waals surface area contributed by atoms with Crippen molar-refractivity contribution in [1.82, 2.24) is 10.2 Å². The van der Waals surface area contributed by atoms with Crippen molar-refractivity contribution < 1.29 is 14.7 Å². The number of thioether (sulfide) groups is 1. The van der Waals surface area contributed by atoms with E-state index in [1.54, 1.807) is 24.3 Å². The third kappa shape index (κ3) is 5.53. The molecule has 8 heteroatoms. The quantitative estimate of drug-likeness (QED) is 0.0901. The zero-order valence-corrected chi connectivity index (χ0v) is 23.8. The molecule has 0 radical (unpaired) electrons. The van der Waals surface area contributed by atoms with Crippen LogP contribution in [-0.4, -0.2) is 27.0 Å². The smallest absolute Gasteiger partial charge is 0.301 e. The first kappa shape index (κ1) is 26.8. The van der Waals surface area contributed by atoms with E-state index in [2.05, 4.69) is 55.2 Å². The summed E-state index contributed by atoms with van der Waals surface area (Å²) in [6.07, 6.45) is 0. The summed E-state index contributed by atoms with van der Waals surface area (Å²) in [7, 11) is 0. The number of ketones is 1. The number of carbonyl (C=O) groups excluding carboxylic acids is 2. The van der Waals surface area contributed by atoms with Gasteiger partial charge in [-0.2, -0.15) is 0 Å². The first-order valence-electron chi connectivity index (χ1n) is 12.6. The summed E-state index contributed by atoms with van der Waals surface area (Å²) in [5.74, 6) is -0.979. The van der Waals surface area contributed by atoms with Crippen LogP contribution in [-0.2, 0) is 20.8 Å². The van der Waals surface area contributed by atoms with Gasteiger partial charge in [-0.25, -0.2) is 0 Å². The highest BCUT2D eigenvalue weighted by Crippen LogP contribution is 2.44. The molecule has 1 aliphatic rings. The van der Waals surface area contributed by atoms with E-state index in [1.807, 2.05) is 37.3 Å². The van der Waals surface area contributed by atoms with Gasteiger partial charge in [-0.1, -0.05) is 128 Å². The molecule has 1 saturated heterocycles. The van der Waals surface area contributed by atoms with Crippen LogP contribution in [0.3, 0.4) is 0 Å². The average Bonchev–Trinajstić information content (AvgIpc) is 3.50. The number of benzene rings is 3. The van der Waals surface area contributed by atoms with Crippen molar-refractivity contribution in [2.45, 2.75) is 49.2 Å². The predicted molar refractivity (Wildman–Crippen MR) is 157 cm³/mol. The predicted octanol–water partition coefficient (Wildman–Crippen LogP) is 7.06. The highest BCUT2D eigenvalue weighted by molar-refractivity contribution is 8.00. The number of hydrogen-bond donors (Lipinski definition) is 1. The molecule has 6 nitrogen and oxygen atoms in total. The van der Waals surface area contributed by atoms with Crippen LogP contribution in [0.2, 0.25) is 0 Å². The zero-order chi connectivity index (χ0) is 27.7. The molecule has 0 aliphatic carbocycles. The number of rotatable bonds is 6. The maximum Gasteiger partial charge on any atom is 0.301 e. The molecule has 1 aromatic heterocycles. The summed E-state index contributed by atoms with van der Waals surface area (Å²) >= 11 is 2.79. The first-order chi connectivity index (χ1) is 18.6. The molecule has 0 spiro atoms. The fraction of sp³-hybridized carbons (Fsp3) is 0.226. The molecule has 1 atom stereocenters. The van der Waals surface area contributed by atoms with E-state index < -0.39 is 17.7 Å². The Morgan fingerprint density at radius 3 is 2.26 bits per heavy atom. The van der Waals surface area contributed by atoms with Crippen LogP contribution in [0.1, 0.15) is 54.6 Å². The SMILES string of the molecule is Cc1ccc(CSc2nnc(N3C(=O)C(=O)/C(=C(\O)c4ccccc4)C3c3ccc(C(C)(C)C)cc3)s2)cc1. The Labute approximate surface area is 236 Å². The lowest BCUT2D eigenvalue weighted by Crippen LogP contribution is -2.29. The highest BCUT2D eigenvalue weighted by Gasteiger charge is 2.48. The lowest BCUT2D eigenvalue weighted by Gasteiger charge is -2.24. The van der Waals surface area contributed by atoms with Crippen LogP contribution in [0.15, 0.2) is 88.8 Å². The molecule has 1 aliphatic heterocycles. The molecule has 0 saturated carbocycles. The van der Waals surface area contributed by atoms with Crippen LogP contribution in [0.4, 0.5) is 5.13 Å². The second-order valence-electron chi connectivity index (χ2n) is 10.5. The molecule has 4 aromatic rings. The van der Waals surface area contributed by atoms with Gasteiger partial charge < -0.3 is 5.11 Å². The van der Waals surface area contributed by atoms with Crippen molar-refractivity contribution in [3.63, 3.8) is 0 Å². The van der Waals surface area contributed by atoms with Crippen LogP contribution in [0, 0.1) is 6.92 Å². The van der Waals surface area contributed by atoms with Crippen LogP contribution < -0.4 is 4.90 Å². The third-order valence-corrected chi connectivity index (χ3v) is 8.80. The van der Waals surface area contributed by atoms with Crippen molar-refractivity contribution in [3.05, 3.63) is 112 Å². The van der Waals surface area contributed by atoms with Gasteiger partial charge in [-0.05, 0) is 29.0 Å². The van der Waals surface area contributed by atoms with Gasteiger partial charge in [0.2, 0.25) is 5.13 Å². The summed E-state index contributed by atoms with van der Waals surface area (Å²) in [4.78, 5) is 28.2. The zero-order valence-electron chi connectivity index (χ0n) is 22.2. The largest absolute Gasteiger partial charge is 0.507 e. The van der Waals surface area contributed by atoms with Crippen molar-refractivity contribution in [3.8, 4) is 0 Å². The van der Waals surface area contributed by atoms with Gasteiger partial charge in [0.05, 0.1) is 11.6 Å². The Morgan fingerprint density at radius 1 is 0.949 bits per heavy atom. The lowest BCUT2D eigenvalue weighted by molar-refractivity contribution is -0.132. The second kappa shape index (κ2) is 10.8. The summed E-state index contributed by atoms with van der Waals surface area (Å²) in [5.41, 5.74) is 4.64. The maximum absolute atomic E-state index is 13.4. The fourth-order valence-corrected chi connectivity index (χ4v) is 6.27. The number of carbonyl (C=O) groups is 2. The number of aliphatic hydroxyl groups is 1. The van der Waals surface area contributed by atoms with E-state index in [0.717, 1.165) is 11.1 Å². The summed E-state index contributed by atoms with van der Waals surface area (Å²) in [6.45, 7) is 8.43. The maximum atomic E-state index is 13.4. The van der Waals surface area contributed by atoms with Crippen molar-refractivity contribution in [2.24, 2.45) is 0 Å². The number of anilines is 1. The van der Waals surface area contributed by atoms with Gasteiger partial charge >= 0.3 is 5.91 Å². The Kier molecular flexibility index (Phi) is 7.42. The molecule has 1 fully saturated rings. The number of Topliss-reactive ketones (excluding diaryl/α,β-unsaturated/α-hetero) is 1. The summed E-state index contributed by atoms with van der Waals surface area (Å²) in [5, 5.41) is 20.2. The number of amides is 1. The molecular weight excluding hydrogens is 526 g/mol. The minimum Gasteiger partial charge on any atom is -0.507 e. The topological polar surface area (TPSA) is 83.4 Å². The van der Waals surface area contributed by atoms with E-state index in [0.29, 0.717) is 26.4 Å². The molecule has 0 bridgehead atoms. The van der Waals surface area contributed by atoms with Gasteiger partial charge in [0, 0.05) is 11.3 Å². The molecular formula is C31H29N3O3S2. The van der Waals surface area contributed by atoms with E-state index in [4.69, 9.17) is 0 Å². The number of aryl methyl sites for hydroxylation is 1.